The average Bonchev–Trinajstić information content (AvgIpc) is 2.58. The molecule has 0 atom stereocenters. The molecule has 2 rings (SSSR count). The molecule has 0 N–H and O–H groups in total. The molecule has 0 aliphatic carbocycles. The minimum Gasteiger partial charge on any atom is -0.465 e. The van der Waals surface area contributed by atoms with E-state index in [0.29, 0.717) is 11.1 Å². The van der Waals surface area contributed by atoms with Gasteiger partial charge in [-0.05, 0) is 51.9 Å². The van der Waals surface area contributed by atoms with E-state index < -0.39 is 11.2 Å². The predicted molar refractivity (Wildman–Crippen MR) is 102 cm³/mol. The maximum absolute atomic E-state index is 11.9. The molecule has 0 amide bonds. The monoisotopic (exact) mass is 356 g/mol. The summed E-state index contributed by atoms with van der Waals surface area (Å²) >= 11 is 5.78. The number of hydrogen-bond donors (Lipinski definition) is 0. The lowest BCUT2D eigenvalue weighted by molar-refractivity contribution is -0.106. The van der Waals surface area contributed by atoms with E-state index in [1.165, 1.54) is 12.7 Å². The molecule has 2 aromatic rings. The molecule has 0 aromatic heterocycles. The third-order valence-electron chi connectivity index (χ3n) is 3.92. The standard InChI is InChI=1S/C21H21ClO3/c1-21(2,3)17-11-9-15(10-12-17)18(19(22)23)13-14-5-7-16(8-6-14)20(24)25-4/h5-13H,1-4H3. The van der Waals surface area contributed by atoms with Gasteiger partial charge in [0, 0.05) is 5.57 Å². The van der Waals surface area contributed by atoms with Gasteiger partial charge >= 0.3 is 5.97 Å². The van der Waals surface area contributed by atoms with E-state index in [2.05, 4.69) is 25.5 Å². The summed E-state index contributed by atoms with van der Waals surface area (Å²) in [6, 6.07) is 14.6. The van der Waals surface area contributed by atoms with Crippen LogP contribution in [0.1, 0.15) is 47.8 Å². The van der Waals surface area contributed by atoms with Crippen molar-refractivity contribution in [2.75, 3.05) is 7.11 Å². The molecule has 3 nitrogen and oxygen atoms in total. The Bertz CT molecular complexity index is 795. The summed E-state index contributed by atoms with van der Waals surface area (Å²) in [5.74, 6) is -0.401. The zero-order valence-corrected chi connectivity index (χ0v) is 15.6. The van der Waals surface area contributed by atoms with E-state index in [9.17, 15) is 9.59 Å². The number of allylic oxidation sites excluding steroid dienone is 1. The number of carbonyl (C=O) groups excluding carboxylic acids is 2. The number of halogens is 1. The second-order valence-electron chi connectivity index (χ2n) is 6.77. The molecule has 0 aliphatic rings. The molecule has 130 valence electrons. The van der Waals surface area contributed by atoms with E-state index in [1.54, 1.807) is 30.3 Å². The number of ether oxygens (including phenoxy) is 1. The summed E-state index contributed by atoms with van der Waals surface area (Å²) in [5.41, 5.74) is 3.61. The molecule has 2 aromatic carbocycles. The Kier molecular flexibility index (Phi) is 5.81. The van der Waals surface area contributed by atoms with Crippen LogP contribution in [0.2, 0.25) is 0 Å². The van der Waals surface area contributed by atoms with Crippen molar-refractivity contribution in [3.05, 3.63) is 70.8 Å². The fourth-order valence-corrected chi connectivity index (χ4v) is 2.57. The molecule has 25 heavy (non-hydrogen) atoms. The number of rotatable bonds is 4. The molecule has 0 fully saturated rings. The fraction of sp³-hybridized carbons (Fsp3) is 0.238. The third kappa shape index (κ3) is 4.80. The SMILES string of the molecule is COC(=O)c1ccc(C=C(C(=O)Cl)c2ccc(C(C)(C)C)cc2)cc1. The highest BCUT2D eigenvalue weighted by Gasteiger charge is 2.15. The molecule has 0 saturated carbocycles. The lowest BCUT2D eigenvalue weighted by Crippen LogP contribution is -2.10. The first-order chi connectivity index (χ1) is 11.7. The zero-order valence-electron chi connectivity index (χ0n) is 14.8. The van der Waals surface area contributed by atoms with Gasteiger partial charge in [0.05, 0.1) is 12.7 Å². The second-order valence-corrected chi connectivity index (χ2v) is 7.12. The average molecular weight is 357 g/mol. The molecule has 0 unspecified atom stereocenters. The van der Waals surface area contributed by atoms with Gasteiger partial charge < -0.3 is 4.74 Å². The molecular weight excluding hydrogens is 336 g/mol. The van der Waals surface area contributed by atoms with E-state index in [-0.39, 0.29) is 5.41 Å². The summed E-state index contributed by atoms with van der Waals surface area (Å²) < 4.78 is 4.67. The van der Waals surface area contributed by atoms with Gasteiger partial charge in [0.25, 0.3) is 5.24 Å². The summed E-state index contributed by atoms with van der Waals surface area (Å²) in [5, 5.41) is -0.527. The minimum absolute atomic E-state index is 0.0388. The highest BCUT2D eigenvalue weighted by molar-refractivity contribution is 6.75. The number of methoxy groups -OCH3 is 1. The van der Waals surface area contributed by atoms with Crippen molar-refractivity contribution in [3.8, 4) is 0 Å². The van der Waals surface area contributed by atoms with Crippen LogP contribution in [0.3, 0.4) is 0 Å². The van der Waals surface area contributed by atoms with Crippen LogP contribution in [0.15, 0.2) is 48.5 Å². The first kappa shape index (κ1) is 18.9. The highest BCUT2D eigenvalue weighted by atomic mass is 35.5. The van der Waals surface area contributed by atoms with Crippen molar-refractivity contribution in [3.63, 3.8) is 0 Å². The van der Waals surface area contributed by atoms with Crippen LogP contribution in [0.4, 0.5) is 0 Å². The molecule has 0 bridgehead atoms. The van der Waals surface area contributed by atoms with E-state index >= 15 is 0 Å². The predicted octanol–water partition coefficient (Wildman–Crippen LogP) is 5.08. The Balaban J connectivity index is 2.36. The molecule has 0 radical (unpaired) electrons. The Hall–Kier alpha value is -2.39. The second kappa shape index (κ2) is 7.66. The Labute approximate surface area is 153 Å². The van der Waals surface area contributed by atoms with Crippen LogP contribution in [0, 0.1) is 0 Å². The quantitative estimate of drug-likeness (QED) is 0.332. The summed E-state index contributed by atoms with van der Waals surface area (Å²) in [6.07, 6.45) is 1.71. The van der Waals surface area contributed by atoms with Crippen LogP contribution in [0.25, 0.3) is 11.6 Å². The van der Waals surface area contributed by atoms with Gasteiger partial charge in [-0.3, -0.25) is 4.79 Å². The summed E-state index contributed by atoms with van der Waals surface area (Å²) in [7, 11) is 1.33. The van der Waals surface area contributed by atoms with Crippen LogP contribution >= 0.6 is 11.6 Å². The number of carbonyl (C=O) groups is 2. The fourth-order valence-electron chi connectivity index (χ4n) is 2.40. The van der Waals surface area contributed by atoms with Crippen LogP contribution < -0.4 is 0 Å². The third-order valence-corrected chi connectivity index (χ3v) is 4.12. The van der Waals surface area contributed by atoms with Gasteiger partial charge in [-0.2, -0.15) is 0 Å². The Morgan fingerprint density at radius 2 is 1.44 bits per heavy atom. The maximum Gasteiger partial charge on any atom is 0.337 e. The topological polar surface area (TPSA) is 43.4 Å². The number of esters is 1. The van der Waals surface area contributed by atoms with Gasteiger partial charge in [0.15, 0.2) is 0 Å². The first-order valence-electron chi connectivity index (χ1n) is 7.93. The maximum atomic E-state index is 11.9. The molecular formula is C21H21ClO3. The lowest BCUT2D eigenvalue weighted by Gasteiger charge is -2.19. The van der Waals surface area contributed by atoms with Crippen molar-refractivity contribution in [2.24, 2.45) is 0 Å². The zero-order chi connectivity index (χ0) is 18.6. The van der Waals surface area contributed by atoms with Gasteiger partial charge in [0.1, 0.15) is 0 Å². The molecule has 0 aliphatic heterocycles. The summed E-state index contributed by atoms with van der Waals surface area (Å²) in [6.45, 7) is 6.40. The molecule has 4 heteroatoms. The van der Waals surface area contributed by atoms with Gasteiger partial charge in [-0.25, -0.2) is 4.79 Å². The highest BCUT2D eigenvalue weighted by Crippen LogP contribution is 2.26. The molecule has 0 spiro atoms. The first-order valence-corrected chi connectivity index (χ1v) is 8.31. The normalized spacial score (nSPS) is 12.0. The van der Waals surface area contributed by atoms with Crippen LogP contribution in [-0.2, 0) is 14.9 Å². The molecule has 0 saturated heterocycles. The van der Waals surface area contributed by atoms with Crippen molar-refractivity contribution < 1.29 is 14.3 Å². The van der Waals surface area contributed by atoms with E-state index in [4.69, 9.17) is 11.6 Å². The van der Waals surface area contributed by atoms with Crippen LogP contribution in [0.5, 0.6) is 0 Å². The minimum atomic E-state index is -0.527. The smallest absolute Gasteiger partial charge is 0.337 e. The number of hydrogen-bond acceptors (Lipinski definition) is 3. The van der Waals surface area contributed by atoms with Crippen LogP contribution in [-0.4, -0.2) is 18.3 Å². The van der Waals surface area contributed by atoms with Crippen molar-refractivity contribution in [2.45, 2.75) is 26.2 Å². The Morgan fingerprint density at radius 1 is 0.920 bits per heavy atom. The summed E-state index contributed by atoms with van der Waals surface area (Å²) in [4.78, 5) is 23.4. The van der Waals surface area contributed by atoms with Crippen molar-refractivity contribution in [1.29, 1.82) is 0 Å². The van der Waals surface area contributed by atoms with Gasteiger partial charge in [0.2, 0.25) is 0 Å². The van der Waals surface area contributed by atoms with Crippen molar-refractivity contribution in [1.82, 2.24) is 0 Å². The van der Waals surface area contributed by atoms with Gasteiger partial charge in [-0.15, -0.1) is 0 Å². The van der Waals surface area contributed by atoms with Gasteiger partial charge in [-0.1, -0.05) is 57.2 Å². The Morgan fingerprint density at radius 3 is 1.88 bits per heavy atom. The number of benzene rings is 2. The lowest BCUT2D eigenvalue weighted by atomic mass is 9.86. The van der Waals surface area contributed by atoms with E-state index in [1.807, 2.05) is 24.3 Å². The van der Waals surface area contributed by atoms with E-state index in [0.717, 1.165) is 11.1 Å². The molecule has 0 heterocycles. The largest absolute Gasteiger partial charge is 0.465 e. The van der Waals surface area contributed by atoms with Crippen molar-refractivity contribution >= 4 is 34.5 Å².